The first kappa shape index (κ1) is 57.9. The van der Waals surface area contributed by atoms with Crippen LogP contribution in [0.15, 0.2) is 12.2 Å². The minimum Gasteiger partial charge on any atom is -0.394 e. The van der Waals surface area contributed by atoms with E-state index in [1.54, 1.807) is 6.08 Å². The van der Waals surface area contributed by atoms with Gasteiger partial charge in [0.25, 0.3) is 0 Å². The van der Waals surface area contributed by atoms with Crippen LogP contribution in [-0.2, 0) is 14.3 Å². The Hall–Kier alpha value is -1.07. The second-order valence-electron chi connectivity index (χ2n) is 18.7. The van der Waals surface area contributed by atoms with Gasteiger partial charge in [0, 0.05) is 6.42 Å². The minimum atomic E-state index is -1.56. The van der Waals surface area contributed by atoms with Crippen molar-refractivity contribution < 1.29 is 39.8 Å². The van der Waals surface area contributed by atoms with E-state index in [-0.39, 0.29) is 12.5 Å². The number of carbonyl (C=O) groups excluding carboxylic acids is 1. The highest BCUT2D eigenvalue weighted by Crippen LogP contribution is 2.23. The summed E-state index contributed by atoms with van der Waals surface area (Å²) in [6.07, 6.45) is 44.8. The molecular weight excluding hydrogens is 767 g/mol. The highest BCUT2D eigenvalue weighted by molar-refractivity contribution is 5.76. The third-order valence-electron chi connectivity index (χ3n) is 12.9. The van der Waals surface area contributed by atoms with Crippen LogP contribution in [0.4, 0.5) is 0 Å². The van der Waals surface area contributed by atoms with E-state index >= 15 is 0 Å². The quantitative estimate of drug-likeness (QED) is 0.0262. The van der Waals surface area contributed by atoms with Crippen LogP contribution in [0.25, 0.3) is 0 Å². The zero-order chi connectivity index (χ0) is 44.4. The van der Waals surface area contributed by atoms with E-state index in [2.05, 4.69) is 19.2 Å². The van der Waals surface area contributed by atoms with Crippen molar-refractivity contribution in [2.75, 3.05) is 13.2 Å². The fourth-order valence-electron chi connectivity index (χ4n) is 8.63. The number of aliphatic hydroxyl groups excluding tert-OH is 5. The summed E-state index contributed by atoms with van der Waals surface area (Å²) >= 11 is 0. The van der Waals surface area contributed by atoms with Crippen molar-refractivity contribution in [2.45, 2.75) is 301 Å². The molecule has 0 bridgehead atoms. The van der Waals surface area contributed by atoms with E-state index in [1.807, 2.05) is 6.08 Å². The second-order valence-corrected chi connectivity index (χ2v) is 18.7. The fraction of sp³-hybridized carbons (Fsp3) is 0.942. The molecule has 1 fully saturated rings. The van der Waals surface area contributed by atoms with Crippen LogP contribution in [0.2, 0.25) is 0 Å². The molecule has 1 rings (SSSR count). The number of unbranched alkanes of at least 4 members (excludes halogenated alkanes) is 35. The van der Waals surface area contributed by atoms with Crippen LogP contribution < -0.4 is 5.32 Å². The van der Waals surface area contributed by atoms with Crippen LogP contribution in [-0.4, -0.2) is 87.5 Å². The first-order valence-corrected chi connectivity index (χ1v) is 26.4. The first-order valence-electron chi connectivity index (χ1n) is 26.4. The predicted molar refractivity (Wildman–Crippen MR) is 254 cm³/mol. The van der Waals surface area contributed by atoms with Gasteiger partial charge < -0.3 is 40.3 Å². The third-order valence-corrected chi connectivity index (χ3v) is 12.9. The largest absolute Gasteiger partial charge is 0.394 e. The van der Waals surface area contributed by atoms with Crippen LogP contribution in [0.5, 0.6) is 0 Å². The molecule has 0 aromatic heterocycles. The molecule has 61 heavy (non-hydrogen) atoms. The summed E-state index contributed by atoms with van der Waals surface area (Å²) in [5.74, 6) is -0.184. The third kappa shape index (κ3) is 33.1. The van der Waals surface area contributed by atoms with E-state index in [4.69, 9.17) is 9.47 Å². The van der Waals surface area contributed by atoms with E-state index in [0.29, 0.717) is 6.42 Å². The maximum atomic E-state index is 12.8. The summed E-state index contributed by atoms with van der Waals surface area (Å²) in [5.41, 5.74) is 0. The summed E-state index contributed by atoms with van der Waals surface area (Å²) in [6, 6.07) is -0.797. The number of hydrogen-bond donors (Lipinski definition) is 6. The number of allylic oxidation sites excluding steroid dienone is 1. The van der Waals surface area contributed by atoms with E-state index in [1.165, 1.54) is 193 Å². The van der Waals surface area contributed by atoms with Crippen LogP contribution in [0.1, 0.15) is 258 Å². The fourth-order valence-corrected chi connectivity index (χ4v) is 8.63. The number of hydrogen-bond acceptors (Lipinski definition) is 8. The molecule has 9 nitrogen and oxygen atoms in total. The lowest BCUT2D eigenvalue weighted by Crippen LogP contribution is -2.60. The molecule has 0 aromatic rings. The number of carbonyl (C=O) groups is 1. The van der Waals surface area contributed by atoms with Gasteiger partial charge >= 0.3 is 0 Å². The molecule has 0 spiro atoms. The number of ether oxygens (including phenoxy) is 2. The van der Waals surface area contributed by atoms with Gasteiger partial charge in [-0.1, -0.05) is 244 Å². The average Bonchev–Trinajstić information content (AvgIpc) is 3.26. The maximum absolute atomic E-state index is 12.8. The molecule has 7 atom stereocenters. The molecule has 7 unspecified atom stereocenters. The molecular formula is C52H101NO8. The smallest absolute Gasteiger partial charge is 0.220 e. The molecule has 6 N–H and O–H groups in total. The molecule has 362 valence electrons. The predicted octanol–water partition coefficient (Wildman–Crippen LogP) is 12.1. The SMILES string of the molecule is CCCCCCCCCCCCCCCCCCCCCCCCCCCCCCCC/C=C/C(O)C(COC1OC(CO)C(O)C(O)C1O)NC(=O)CCCCCCCC. The van der Waals surface area contributed by atoms with Gasteiger partial charge in [-0.15, -0.1) is 0 Å². The maximum Gasteiger partial charge on any atom is 0.220 e. The number of rotatable bonds is 45. The van der Waals surface area contributed by atoms with E-state index in [9.17, 15) is 30.3 Å². The van der Waals surface area contributed by atoms with E-state index < -0.39 is 49.5 Å². The minimum absolute atomic E-state index is 0.184. The Labute approximate surface area is 376 Å². The van der Waals surface area contributed by atoms with Crippen molar-refractivity contribution in [3.63, 3.8) is 0 Å². The van der Waals surface area contributed by atoms with Gasteiger partial charge in [0.15, 0.2) is 6.29 Å². The Balaban J connectivity index is 2.05. The van der Waals surface area contributed by atoms with Gasteiger partial charge in [0.05, 0.1) is 25.4 Å². The molecule has 1 aliphatic rings. The Morgan fingerprint density at radius 3 is 1.28 bits per heavy atom. The summed E-state index contributed by atoms with van der Waals surface area (Å²) in [4.78, 5) is 12.8. The molecule has 1 saturated heterocycles. The van der Waals surface area contributed by atoms with Crippen molar-refractivity contribution in [1.29, 1.82) is 0 Å². The summed E-state index contributed by atoms with van der Waals surface area (Å²) < 4.78 is 11.2. The Bertz CT molecular complexity index is 966. The molecule has 9 heteroatoms. The zero-order valence-corrected chi connectivity index (χ0v) is 39.9. The van der Waals surface area contributed by atoms with Gasteiger partial charge in [-0.3, -0.25) is 4.79 Å². The molecule has 0 aliphatic carbocycles. The van der Waals surface area contributed by atoms with Crippen molar-refractivity contribution in [3.05, 3.63) is 12.2 Å². The molecule has 1 amide bonds. The van der Waals surface area contributed by atoms with Gasteiger partial charge in [-0.2, -0.15) is 0 Å². The lowest BCUT2D eigenvalue weighted by molar-refractivity contribution is -0.302. The van der Waals surface area contributed by atoms with E-state index in [0.717, 1.165) is 44.9 Å². The number of amides is 1. The van der Waals surface area contributed by atoms with Crippen LogP contribution in [0, 0.1) is 0 Å². The Morgan fingerprint density at radius 2 is 0.902 bits per heavy atom. The summed E-state index contributed by atoms with van der Waals surface area (Å²) in [6.45, 7) is 3.72. The molecule has 0 saturated carbocycles. The standard InChI is InChI=1S/C52H101NO8/c1-3-5-7-9-11-12-13-14-15-16-17-18-19-20-21-22-23-24-25-26-27-28-29-30-31-32-33-34-35-36-37-39-41-46(55)45(53-48(56)42-40-38-10-8-6-4-2)44-60-52-51(59)50(58)49(57)47(43-54)61-52/h39,41,45-47,49-52,54-55,57-59H,3-38,40,42-44H2,1-2H3,(H,53,56)/b41-39+. The molecule has 1 heterocycles. The summed E-state index contributed by atoms with van der Waals surface area (Å²) in [7, 11) is 0. The monoisotopic (exact) mass is 868 g/mol. The zero-order valence-electron chi connectivity index (χ0n) is 39.9. The first-order chi connectivity index (χ1) is 29.8. The molecule has 0 aromatic carbocycles. The summed E-state index contributed by atoms with van der Waals surface area (Å²) in [5, 5.41) is 54.0. The molecule has 0 radical (unpaired) electrons. The lowest BCUT2D eigenvalue weighted by Gasteiger charge is -2.40. The van der Waals surface area contributed by atoms with Crippen molar-refractivity contribution in [1.82, 2.24) is 5.32 Å². The topological polar surface area (TPSA) is 149 Å². The van der Waals surface area contributed by atoms with Crippen LogP contribution in [0.3, 0.4) is 0 Å². The van der Waals surface area contributed by atoms with Gasteiger partial charge in [-0.25, -0.2) is 0 Å². The number of aliphatic hydroxyl groups is 5. The van der Waals surface area contributed by atoms with Gasteiger partial charge in [0.1, 0.15) is 24.4 Å². The van der Waals surface area contributed by atoms with Crippen molar-refractivity contribution >= 4 is 5.91 Å². The van der Waals surface area contributed by atoms with Gasteiger partial charge in [-0.05, 0) is 19.3 Å². The normalized spacial score (nSPS) is 20.4. The Kier molecular flexibility index (Phi) is 40.7. The highest BCUT2D eigenvalue weighted by atomic mass is 16.7. The van der Waals surface area contributed by atoms with Crippen molar-refractivity contribution in [3.8, 4) is 0 Å². The van der Waals surface area contributed by atoms with Gasteiger partial charge in [0.2, 0.25) is 5.91 Å². The second kappa shape index (κ2) is 42.9. The highest BCUT2D eigenvalue weighted by Gasteiger charge is 2.44. The van der Waals surface area contributed by atoms with Crippen LogP contribution >= 0.6 is 0 Å². The average molecular weight is 868 g/mol. The lowest BCUT2D eigenvalue weighted by atomic mass is 9.99. The number of nitrogens with one attached hydrogen (secondary N) is 1. The van der Waals surface area contributed by atoms with Crippen molar-refractivity contribution in [2.24, 2.45) is 0 Å². The Morgan fingerprint density at radius 1 is 0.541 bits per heavy atom. The molecule has 1 aliphatic heterocycles.